The van der Waals surface area contributed by atoms with E-state index < -0.39 is 0 Å². The standard InChI is InChI=1S/C14H21Cl2N3O/c1-2-17-13-11(15)8-12(16)14(18-13)19-7-5-3-4-6-10(19)9-20/h8,10,20H,2-7,9H2,1H3,(H,17,18). The fourth-order valence-electron chi connectivity index (χ4n) is 2.60. The SMILES string of the molecule is CCNc1nc(N2CCCCCC2CO)c(Cl)cc1Cl. The average Bonchev–Trinajstić information content (AvgIpc) is 2.67. The molecule has 1 fully saturated rings. The van der Waals surface area contributed by atoms with Crippen molar-refractivity contribution in [3.05, 3.63) is 16.1 Å². The van der Waals surface area contributed by atoms with Crippen LogP contribution in [-0.4, -0.2) is 35.8 Å². The molecule has 4 nitrogen and oxygen atoms in total. The van der Waals surface area contributed by atoms with Crippen molar-refractivity contribution in [2.75, 3.05) is 29.9 Å². The van der Waals surface area contributed by atoms with Gasteiger partial charge in [-0.3, -0.25) is 0 Å². The largest absolute Gasteiger partial charge is 0.394 e. The molecule has 1 unspecified atom stereocenters. The highest BCUT2D eigenvalue weighted by atomic mass is 35.5. The highest BCUT2D eigenvalue weighted by molar-refractivity contribution is 6.37. The van der Waals surface area contributed by atoms with E-state index in [-0.39, 0.29) is 12.6 Å². The van der Waals surface area contributed by atoms with Crippen LogP contribution in [0.15, 0.2) is 6.07 Å². The molecule has 1 aromatic heterocycles. The molecule has 6 heteroatoms. The normalized spacial score (nSPS) is 19.8. The van der Waals surface area contributed by atoms with Crippen molar-refractivity contribution >= 4 is 34.8 Å². The zero-order chi connectivity index (χ0) is 14.5. The van der Waals surface area contributed by atoms with Crippen LogP contribution in [0.4, 0.5) is 11.6 Å². The number of rotatable bonds is 4. The molecule has 0 bridgehead atoms. The van der Waals surface area contributed by atoms with Gasteiger partial charge in [0, 0.05) is 13.1 Å². The molecule has 1 aliphatic rings. The van der Waals surface area contributed by atoms with Crippen LogP contribution < -0.4 is 10.2 Å². The van der Waals surface area contributed by atoms with Gasteiger partial charge in [0.15, 0.2) is 0 Å². The smallest absolute Gasteiger partial charge is 0.150 e. The van der Waals surface area contributed by atoms with Crippen molar-refractivity contribution in [2.45, 2.75) is 38.6 Å². The van der Waals surface area contributed by atoms with Gasteiger partial charge in [-0.2, -0.15) is 0 Å². The second-order valence-electron chi connectivity index (χ2n) is 5.03. The highest BCUT2D eigenvalue weighted by Gasteiger charge is 2.24. The Morgan fingerprint density at radius 3 is 2.85 bits per heavy atom. The molecule has 2 N–H and O–H groups in total. The molecule has 1 aromatic rings. The topological polar surface area (TPSA) is 48.4 Å². The first kappa shape index (κ1) is 15.7. The lowest BCUT2D eigenvalue weighted by molar-refractivity contribution is 0.254. The van der Waals surface area contributed by atoms with Gasteiger partial charge < -0.3 is 15.3 Å². The van der Waals surface area contributed by atoms with Gasteiger partial charge in [-0.25, -0.2) is 4.98 Å². The lowest BCUT2D eigenvalue weighted by atomic mass is 10.1. The van der Waals surface area contributed by atoms with E-state index in [2.05, 4.69) is 15.2 Å². The summed E-state index contributed by atoms with van der Waals surface area (Å²) < 4.78 is 0. The van der Waals surface area contributed by atoms with Crippen LogP contribution in [0.25, 0.3) is 0 Å². The van der Waals surface area contributed by atoms with Gasteiger partial charge in [0.05, 0.1) is 22.7 Å². The summed E-state index contributed by atoms with van der Waals surface area (Å²) >= 11 is 12.5. The first-order valence-electron chi connectivity index (χ1n) is 7.14. The first-order chi connectivity index (χ1) is 9.67. The number of aliphatic hydroxyl groups excluding tert-OH is 1. The van der Waals surface area contributed by atoms with E-state index in [1.54, 1.807) is 6.07 Å². The second-order valence-corrected chi connectivity index (χ2v) is 5.85. The number of anilines is 2. The minimum atomic E-state index is 0.0816. The Hall–Kier alpha value is -0.710. The number of halogens is 2. The molecule has 0 spiro atoms. The molecule has 1 atom stereocenters. The van der Waals surface area contributed by atoms with Crippen LogP contribution in [0.2, 0.25) is 10.0 Å². The van der Waals surface area contributed by atoms with E-state index >= 15 is 0 Å². The first-order valence-corrected chi connectivity index (χ1v) is 7.90. The molecule has 2 rings (SSSR count). The number of hydrogen-bond donors (Lipinski definition) is 2. The number of pyridine rings is 1. The number of aromatic nitrogens is 1. The van der Waals surface area contributed by atoms with Gasteiger partial charge in [-0.05, 0) is 25.8 Å². The summed E-state index contributed by atoms with van der Waals surface area (Å²) in [6.45, 7) is 3.73. The van der Waals surface area contributed by atoms with Crippen LogP contribution in [0.3, 0.4) is 0 Å². The maximum absolute atomic E-state index is 9.61. The van der Waals surface area contributed by atoms with E-state index in [9.17, 15) is 5.11 Å². The zero-order valence-corrected chi connectivity index (χ0v) is 13.2. The van der Waals surface area contributed by atoms with E-state index in [0.29, 0.717) is 21.7 Å². The lowest BCUT2D eigenvalue weighted by Crippen LogP contribution is -2.38. The maximum atomic E-state index is 9.61. The van der Waals surface area contributed by atoms with E-state index in [4.69, 9.17) is 23.2 Å². The molecule has 1 saturated heterocycles. The molecule has 2 heterocycles. The third kappa shape index (κ3) is 3.48. The summed E-state index contributed by atoms with van der Waals surface area (Å²) in [5.74, 6) is 1.36. The average molecular weight is 318 g/mol. The second kappa shape index (κ2) is 7.34. The van der Waals surface area contributed by atoms with Crippen molar-refractivity contribution < 1.29 is 5.11 Å². The van der Waals surface area contributed by atoms with Crippen molar-refractivity contribution in [3.8, 4) is 0 Å². The van der Waals surface area contributed by atoms with Crippen molar-refractivity contribution in [3.63, 3.8) is 0 Å². The predicted octanol–water partition coefficient (Wildman–Crippen LogP) is 3.56. The number of hydrogen-bond acceptors (Lipinski definition) is 4. The van der Waals surface area contributed by atoms with E-state index in [1.807, 2.05) is 6.92 Å². The van der Waals surface area contributed by atoms with E-state index in [0.717, 1.165) is 32.4 Å². The molecule has 0 saturated carbocycles. The van der Waals surface area contributed by atoms with Gasteiger partial charge in [0.2, 0.25) is 0 Å². The van der Waals surface area contributed by atoms with Gasteiger partial charge in [0.25, 0.3) is 0 Å². The fraction of sp³-hybridized carbons (Fsp3) is 0.643. The Labute approximate surface area is 130 Å². The molecule has 0 amide bonds. The Bertz CT molecular complexity index is 456. The predicted molar refractivity (Wildman–Crippen MR) is 85.1 cm³/mol. The van der Waals surface area contributed by atoms with Crippen molar-refractivity contribution in [2.24, 2.45) is 0 Å². The van der Waals surface area contributed by atoms with Crippen LogP contribution in [0, 0.1) is 0 Å². The molecular weight excluding hydrogens is 297 g/mol. The summed E-state index contributed by atoms with van der Waals surface area (Å²) in [5, 5.41) is 13.8. The zero-order valence-electron chi connectivity index (χ0n) is 11.7. The quantitative estimate of drug-likeness (QED) is 0.891. The summed E-state index contributed by atoms with van der Waals surface area (Å²) in [6.07, 6.45) is 4.37. The summed E-state index contributed by atoms with van der Waals surface area (Å²) in [7, 11) is 0. The summed E-state index contributed by atoms with van der Waals surface area (Å²) in [4.78, 5) is 6.68. The highest BCUT2D eigenvalue weighted by Crippen LogP contribution is 2.34. The monoisotopic (exact) mass is 317 g/mol. The Balaban J connectivity index is 2.35. The summed E-state index contributed by atoms with van der Waals surface area (Å²) in [5.41, 5.74) is 0. The minimum Gasteiger partial charge on any atom is -0.394 e. The summed E-state index contributed by atoms with van der Waals surface area (Å²) in [6, 6.07) is 1.81. The number of nitrogens with one attached hydrogen (secondary N) is 1. The Morgan fingerprint density at radius 2 is 2.15 bits per heavy atom. The van der Waals surface area contributed by atoms with Gasteiger partial charge in [0.1, 0.15) is 11.6 Å². The third-order valence-electron chi connectivity index (χ3n) is 3.62. The molecule has 0 aromatic carbocycles. The van der Waals surface area contributed by atoms with Crippen LogP contribution >= 0.6 is 23.2 Å². The van der Waals surface area contributed by atoms with Crippen LogP contribution in [0.5, 0.6) is 0 Å². The number of aliphatic hydroxyl groups is 1. The van der Waals surface area contributed by atoms with Gasteiger partial charge in [-0.15, -0.1) is 0 Å². The molecule has 0 radical (unpaired) electrons. The lowest BCUT2D eigenvalue weighted by Gasteiger charge is -2.30. The van der Waals surface area contributed by atoms with Crippen LogP contribution in [0.1, 0.15) is 32.6 Å². The molecule has 0 aliphatic carbocycles. The van der Waals surface area contributed by atoms with Gasteiger partial charge >= 0.3 is 0 Å². The van der Waals surface area contributed by atoms with Crippen molar-refractivity contribution in [1.29, 1.82) is 0 Å². The van der Waals surface area contributed by atoms with Crippen molar-refractivity contribution in [1.82, 2.24) is 4.98 Å². The molecule has 112 valence electrons. The Kier molecular flexibility index (Phi) is 5.75. The maximum Gasteiger partial charge on any atom is 0.150 e. The van der Waals surface area contributed by atoms with E-state index in [1.165, 1.54) is 6.42 Å². The molecule has 1 aliphatic heterocycles. The third-order valence-corrected chi connectivity index (χ3v) is 4.18. The minimum absolute atomic E-state index is 0.0816. The number of nitrogens with zero attached hydrogens (tertiary/aromatic N) is 2. The van der Waals surface area contributed by atoms with Crippen LogP contribution in [-0.2, 0) is 0 Å². The van der Waals surface area contributed by atoms with Gasteiger partial charge in [-0.1, -0.05) is 36.0 Å². The Morgan fingerprint density at radius 1 is 1.35 bits per heavy atom. The molecule has 20 heavy (non-hydrogen) atoms. The fourth-order valence-corrected chi connectivity index (χ4v) is 3.13. The molecular formula is C14H21Cl2N3O.